The minimum atomic E-state index is 0.256. The van der Waals surface area contributed by atoms with E-state index in [9.17, 15) is 5.11 Å². The lowest BCUT2D eigenvalue weighted by molar-refractivity contribution is 0.105. The van der Waals surface area contributed by atoms with Crippen LogP contribution in [0.15, 0.2) is 0 Å². The zero-order valence-corrected chi connectivity index (χ0v) is 12.7. The van der Waals surface area contributed by atoms with E-state index in [0.717, 1.165) is 18.4 Å². The second kappa shape index (κ2) is 8.13. The fourth-order valence-corrected chi connectivity index (χ4v) is 3.30. The van der Waals surface area contributed by atoms with E-state index in [2.05, 4.69) is 38.2 Å². The summed E-state index contributed by atoms with van der Waals surface area (Å²) in [4.78, 5) is 2.31. The molecule has 1 aliphatic rings. The van der Waals surface area contributed by atoms with Crippen LogP contribution in [0.4, 0.5) is 0 Å². The molecular weight excluding hydrogens is 224 g/mol. The number of hydrogen-bond acceptors (Lipinski definition) is 3. The molecule has 0 heterocycles. The molecular formula is C15H32N2O. The fourth-order valence-electron chi connectivity index (χ4n) is 3.30. The quantitative estimate of drug-likeness (QED) is 0.732. The van der Waals surface area contributed by atoms with Gasteiger partial charge >= 0.3 is 0 Å². The van der Waals surface area contributed by atoms with Crippen molar-refractivity contribution in [2.45, 2.75) is 58.0 Å². The van der Waals surface area contributed by atoms with Crippen molar-refractivity contribution in [3.63, 3.8) is 0 Å². The van der Waals surface area contributed by atoms with Crippen LogP contribution in [0.25, 0.3) is 0 Å². The van der Waals surface area contributed by atoms with Crippen molar-refractivity contribution in [3.8, 4) is 0 Å². The minimum Gasteiger partial charge on any atom is -0.395 e. The van der Waals surface area contributed by atoms with Gasteiger partial charge in [-0.1, -0.05) is 19.8 Å². The normalized spacial score (nSPS) is 30.7. The lowest BCUT2D eigenvalue weighted by atomic mass is 9.76. The number of likely N-dealkylation sites (N-methyl/N-ethyl adjacent to an activating group) is 1. The first-order valence-corrected chi connectivity index (χ1v) is 7.60. The second-order valence-corrected chi connectivity index (χ2v) is 6.09. The van der Waals surface area contributed by atoms with E-state index in [-0.39, 0.29) is 12.6 Å². The third-order valence-electron chi connectivity index (χ3n) is 4.70. The Morgan fingerprint density at radius 2 is 2.11 bits per heavy atom. The van der Waals surface area contributed by atoms with Crippen molar-refractivity contribution in [1.29, 1.82) is 0 Å². The Hall–Kier alpha value is -0.120. The van der Waals surface area contributed by atoms with Gasteiger partial charge in [0.25, 0.3) is 0 Å². The molecule has 0 aromatic carbocycles. The number of hydrogen-bond donors (Lipinski definition) is 2. The van der Waals surface area contributed by atoms with Crippen molar-refractivity contribution >= 4 is 0 Å². The van der Waals surface area contributed by atoms with Gasteiger partial charge in [-0.05, 0) is 52.1 Å². The van der Waals surface area contributed by atoms with E-state index >= 15 is 0 Å². The average molecular weight is 256 g/mol. The minimum absolute atomic E-state index is 0.256. The van der Waals surface area contributed by atoms with E-state index in [4.69, 9.17) is 0 Å². The Labute approximate surface area is 113 Å². The van der Waals surface area contributed by atoms with Gasteiger partial charge in [-0.15, -0.1) is 0 Å². The molecule has 4 atom stereocenters. The topological polar surface area (TPSA) is 35.5 Å². The molecule has 4 unspecified atom stereocenters. The maximum atomic E-state index is 9.24. The molecule has 0 aliphatic heterocycles. The van der Waals surface area contributed by atoms with Gasteiger partial charge in [-0.3, -0.25) is 0 Å². The van der Waals surface area contributed by atoms with Gasteiger partial charge in [0.05, 0.1) is 6.61 Å². The van der Waals surface area contributed by atoms with Gasteiger partial charge in [0.1, 0.15) is 0 Å². The fraction of sp³-hybridized carbons (Fsp3) is 1.00. The molecule has 1 rings (SSSR count). The van der Waals surface area contributed by atoms with Crippen LogP contribution in [0.3, 0.4) is 0 Å². The summed E-state index contributed by atoms with van der Waals surface area (Å²) in [6.07, 6.45) is 6.74. The van der Waals surface area contributed by atoms with E-state index in [1.165, 1.54) is 32.1 Å². The van der Waals surface area contributed by atoms with Crippen LogP contribution in [-0.2, 0) is 0 Å². The Morgan fingerprint density at radius 3 is 2.67 bits per heavy atom. The van der Waals surface area contributed by atoms with Gasteiger partial charge < -0.3 is 15.3 Å². The highest BCUT2D eigenvalue weighted by Gasteiger charge is 2.30. The molecule has 0 aromatic rings. The Kier molecular flexibility index (Phi) is 7.20. The molecule has 0 amide bonds. The van der Waals surface area contributed by atoms with Gasteiger partial charge in [0, 0.05) is 18.6 Å². The van der Waals surface area contributed by atoms with Gasteiger partial charge in [-0.2, -0.15) is 0 Å². The molecule has 3 heteroatoms. The number of nitrogens with zero attached hydrogens (tertiary/aromatic N) is 1. The first-order valence-electron chi connectivity index (χ1n) is 7.60. The van der Waals surface area contributed by atoms with E-state index < -0.39 is 0 Å². The van der Waals surface area contributed by atoms with Crippen LogP contribution in [0, 0.1) is 11.8 Å². The molecule has 0 saturated heterocycles. The number of rotatable bonds is 7. The Balaban J connectivity index is 2.51. The van der Waals surface area contributed by atoms with Crippen molar-refractivity contribution in [1.82, 2.24) is 10.2 Å². The lowest BCUT2D eigenvalue weighted by Crippen LogP contribution is -2.46. The van der Waals surface area contributed by atoms with E-state index in [1.54, 1.807) is 0 Å². The summed E-state index contributed by atoms with van der Waals surface area (Å²) in [5.74, 6) is 1.65. The molecule has 0 aromatic heterocycles. The van der Waals surface area contributed by atoms with Crippen LogP contribution >= 0.6 is 0 Å². The molecule has 0 spiro atoms. The van der Waals surface area contributed by atoms with Gasteiger partial charge in [0.2, 0.25) is 0 Å². The Morgan fingerprint density at radius 1 is 1.39 bits per heavy atom. The molecule has 1 aliphatic carbocycles. The summed E-state index contributed by atoms with van der Waals surface area (Å²) in [6.45, 7) is 5.75. The van der Waals surface area contributed by atoms with Crippen LogP contribution in [-0.4, -0.2) is 49.3 Å². The maximum Gasteiger partial charge on any atom is 0.0584 e. The standard InChI is InChI=1S/C15H32N2O/c1-5-6-13-7-8-15(16-3)14(9-13)10-17(4)12(2)11-18/h12-16,18H,5-11H2,1-4H3. The predicted molar refractivity (Wildman–Crippen MR) is 77.8 cm³/mol. The van der Waals surface area contributed by atoms with Crippen molar-refractivity contribution in [2.24, 2.45) is 11.8 Å². The van der Waals surface area contributed by atoms with Crippen LogP contribution in [0.2, 0.25) is 0 Å². The van der Waals surface area contributed by atoms with Crippen molar-refractivity contribution in [2.75, 3.05) is 27.2 Å². The summed E-state index contributed by atoms with van der Waals surface area (Å²) < 4.78 is 0. The predicted octanol–water partition coefficient (Wildman–Crippen LogP) is 2.10. The third kappa shape index (κ3) is 4.52. The highest BCUT2D eigenvalue weighted by Crippen LogP contribution is 2.32. The molecule has 108 valence electrons. The molecule has 0 radical (unpaired) electrons. The number of nitrogens with one attached hydrogen (secondary N) is 1. The summed E-state index contributed by atoms with van der Waals surface area (Å²) in [5.41, 5.74) is 0. The van der Waals surface area contributed by atoms with Crippen LogP contribution in [0.1, 0.15) is 46.0 Å². The molecule has 2 N–H and O–H groups in total. The van der Waals surface area contributed by atoms with Crippen molar-refractivity contribution in [3.05, 3.63) is 0 Å². The van der Waals surface area contributed by atoms with Crippen molar-refractivity contribution < 1.29 is 5.11 Å². The van der Waals surface area contributed by atoms with Gasteiger partial charge in [-0.25, -0.2) is 0 Å². The van der Waals surface area contributed by atoms with E-state index in [0.29, 0.717) is 6.04 Å². The lowest BCUT2D eigenvalue weighted by Gasteiger charge is -2.39. The highest BCUT2D eigenvalue weighted by molar-refractivity contribution is 4.86. The second-order valence-electron chi connectivity index (χ2n) is 6.09. The van der Waals surface area contributed by atoms with Gasteiger partial charge in [0.15, 0.2) is 0 Å². The number of aliphatic hydroxyl groups is 1. The smallest absolute Gasteiger partial charge is 0.0584 e. The first-order chi connectivity index (χ1) is 8.62. The highest BCUT2D eigenvalue weighted by atomic mass is 16.3. The molecule has 0 bridgehead atoms. The Bertz CT molecular complexity index is 223. The SMILES string of the molecule is CCCC1CCC(NC)C(CN(C)C(C)CO)C1. The zero-order chi connectivity index (χ0) is 13.5. The largest absolute Gasteiger partial charge is 0.395 e. The summed E-state index contributed by atoms with van der Waals surface area (Å²) in [7, 11) is 4.23. The molecule has 18 heavy (non-hydrogen) atoms. The third-order valence-corrected chi connectivity index (χ3v) is 4.70. The van der Waals surface area contributed by atoms with E-state index in [1.807, 2.05) is 0 Å². The first kappa shape index (κ1) is 15.9. The summed E-state index contributed by atoms with van der Waals surface area (Å²) in [6, 6.07) is 0.931. The van der Waals surface area contributed by atoms with Crippen LogP contribution < -0.4 is 5.32 Å². The maximum absolute atomic E-state index is 9.24. The molecule has 3 nitrogen and oxygen atoms in total. The monoisotopic (exact) mass is 256 g/mol. The molecule has 1 fully saturated rings. The van der Waals surface area contributed by atoms with Crippen LogP contribution in [0.5, 0.6) is 0 Å². The number of aliphatic hydroxyl groups excluding tert-OH is 1. The summed E-state index contributed by atoms with van der Waals surface area (Å²) in [5, 5.41) is 12.7. The molecule has 1 saturated carbocycles. The average Bonchev–Trinajstić information content (AvgIpc) is 2.38. The summed E-state index contributed by atoms with van der Waals surface area (Å²) >= 11 is 0. The zero-order valence-electron chi connectivity index (χ0n) is 12.7.